The van der Waals surface area contributed by atoms with Crippen LogP contribution in [0.1, 0.15) is 30.6 Å². The molecule has 5 nitrogen and oxygen atoms in total. The predicted molar refractivity (Wildman–Crippen MR) is 116 cm³/mol. The van der Waals surface area contributed by atoms with Gasteiger partial charge in [-0.1, -0.05) is 11.6 Å². The lowest BCUT2D eigenvalue weighted by molar-refractivity contribution is 0.0953. The van der Waals surface area contributed by atoms with Gasteiger partial charge in [-0.05, 0) is 68.5 Å². The Morgan fingerprint density at radius 1 is 1.21 bits per heavy atom. The number of nitrogens with one attached hydrogen (secondary N) is 1. The van der Waals surface area contributed by atoms with Crippen molar-refractivity contribution in [1.82, 2.24) is 9.62 Å². The molecule has 1 N–H and O–H groups in total. The molecule has 0 heterocycles. The van der Waals surface area contributed by atoms with Gasteiger partial charge in [0.25, 0.3) is 5.91 Å². The van der Waals surface area contributed by atoms with Gasteiger partial charge >= 0.3 is 0 Å². The Balaban J connectivity index is 1.95. The van der Waals surface area contributed by atoms with Gasteiger partial charge in [0.15, 0.2) is 0 Å². The van der Waals surface area contributed by atoms with E-state index in [-0.39, 0.29) is 27.3 Å². The summed E-state index contributed by atoms with van der Waals surface area (Å²) in [6.07, 6.45) is 0.694. The van der Waals surface area contributed by atoms with Crippen LogP contribution in [0.3, 0.4) is 0 Å². The Hall–Kier alpha value is -1.61. The number of thioether (sulfide) groups is 1. The molecule has 29 heavy (non-hydrogen) atoms. The molecule has 0 bridgehead atoms. The quantitative estimate of drug-likeness (QED) is 0.446. The molecule has 0 unspecified atom stereocenters. The van der Waals surface area contributed by atoms with Gasteiger partial charge in [0, 0.05) is 24.5 Å². The van der Waals surface area contributed by atoms with Crippen LogP contribution >= 0.6 is 23.4 Å². The van der Waals surface area contributed by atoms with Crippen molar-refractivity contribution in [3.05, 3.63) is 58.9 Å². The molecule has 9 heteroatoms. The highest BCUT2D eigenvalue weighted by atomic mass is 35.5. The molecule has 0 aliphatic carbocycles. The first-order chi connectivity index (χ1) is 13.6. The van der Waals surface area contributed by atoms with Crippen molar-refractivity contribution >= 4 is 39.3 Å². The molecule has 2 aromatic rings. The zero-order valence-electron chi connectivity index (χ0n) is 16.5. The first-order valence-electron chi connectivity index (χ1n) is 9.07. The second kappa shape index (κ2) is 10.4. The van der Waals surface area contributed by atoms with Crippen LogP contribution in [0.2, 0.25) is 5.02 Å². The maximum atomic E-state index is 12.9. The number of benzene rings is 2. The SMILES string of the molecule is CC(C)N(C)S(=O)(=O)c1ccc(Cl)c(C(=O)NCCCSc2ccc(F)cc2)c1. The Morgan fingerprint density at radius 2 is 1.86 bits per heavy atom. The molecule has 2 rings (SSSR count). The average molecular weight is 459 g/mol. The van der Waals surface area contributed by atoms with Crippen LogP contribution in [0.4, 0.5) is 4.39 Å². The minimum atomic E-state index is -3.71. The second-order valence-corrected chi connectivity index (χ2v) is 10.2. The van der Waals surface area contributed by atoms with Crippen LogP contribution in [0, 0.1) is 5.82 Å². The average Bonchev–Trinajstić information content (AvgIpc) is 2.68. The minimum absolute atomic E-state index is 0.0233. The Morgan fingerprint density at radius 3 is 2.48 bits per heavy atom. The molecule has 1 amide bonds. The number of rotatable bonds is 9. The summed E-state index contributed by atoms with van der Waals surface area (Å²) in [6, 6.07) is 10.1. The van der Waals surface area contributed by atoms with Crippen molar-refractivity contribution in [2.24, 2.45) is 0 Å². The number of hydrogen-bond donors (Lipinski definition) is 1. The standard InChI is InChI=1S/C20H24ClFN2O3S2/c1-14(2)24(3)29(26,27)17-9-10-19(21)18(13-17)20(25)23-11-4-12-28-16-7-5-15(22)6-8-16/h5-10,13-14H,4,11-12H2,1-3H3,(H,23,25). The van der Waals surface area contributed by atoms with Crippen LogP contribution in [-0.2, 0) is 10.0 Å². The highest BCUT2D eigenvalue weighted by Gasteiger charge is 2.25. The molecule has 0 spiro atoms. The fourth-order valence-electron chi connectivity index (χ4n) is 2.37. The van der Waals surface area contributed by atoms with Crippen LogP contribution < -0.4 is 5.32 Å². The number of halogens is 2. The molecule has 0 radical (unpaired) electrons. The number of sulfonamides is 1. The summed E-state index contributed by atoms with van der Waals surface area (Å²) in [5.41, 5.74) is 0.121. The van der Waals surface area contributed by atoms with E-state index in [1.807, 2.05) is 0 Å². The predicted octanol–water partition coefficient (Wildman–Crippen LogP) is 4.42. The summed E-state index contributed by atoms with van der Waals surface area (Å²) in [7, 11) is -2.22. The molecule has 0 aliphatic heterocycles. The second-order valence-electron chi connectivity index (χ2n) is 6.67. The van der Waals surface area contributed by atoms with Crippen LogP contribution in [-0.4, -0.2) is 44.0 Å². The van der Waals surface area contributed by atoms with E-state index >= 15 is 0 Å². The summed E-state index contributed by atoms with van der Waals surface area (Å²) in [5.74, 6) is 0.0427. The lowest BCUT2D eigenvalue weighted by atomic mass is 10.2. The van der Waals surface area contributed by atoms with Gasteiger partial charge in [-0.25, -0.2) is 12.8 Å². The van der Waals surface area contributed by atoms with E-state index in [1.165, 1.54) is 41.7 Å². The Labute approximate surface area is 180 Å². The van der Waals surface area contributed by atoms with E-state index in [4.69, 9.17) is 11.6 Å². The normalized spacial score (nSPS) is 11.8. The van der Waals surface area contributed by atoms with E-state index < -0.39 is 15.9 Å². The lowest BCUT2D eigenvalue weighted by Gasteiger charge is -2.21. The third-order valence-electron chi connectivity index (χ3n) is 4.28. The van der Waals surface area contributed by atoms with E-state index in [0.29, 0.717) is 13.0 Å². The number of amides is 1. The molecule has 0 atom stereocenters. The molecule has 0 aliphatic rings. The number of hydrogen-bond acceptors (Lipinski definition) is 4. The third kappa shape index (κ3) is 6.44. The van der Waals surface area contributed by atoms with Gasteiger partial charge in [0.1, 0.15) is 5.82 Å². The van der Waals surface area contributed by atoms with Gasteiger partial charge in [0.05, 0.1) is 15.5 Å². The van der Waals surface area contributed by atoms with E-state index in [9.17, 15) is 17.6 Å². The minimum Gasteiger partial charge on any atom is -0.352 e. The zero-order valence-corrected chi connectivity index (χ0v) is 18.9. The smallest absolute Gasteiger partial charge is 0.252 e. The summed E-state index contributed by atoms with van der Waals surface area (Å²) in [4.78, 5) is 13.4. The van der Waals surface area contributed by atoms with E-state index in [1.54, 1.807) is 37.7 Å². The van der Waals surface area contributed by atoms with Gasteiger partial charge in [-0.3, -0.25) is 4.79 Å². The van der Waals surface area contributed by atoms with E-state index in [0.717, 1.165) is 10.6 Å². The van der Waals surface area contributed by atoms with Crippen LogP contribution in [0.5, 0.6) is 0 Å². The molecular formula is C20H24ClFN2O3S2. The summed E-state index contributed by atoms with van der Waals surface area (Å²) in [5, 5.41) is 2.95. The van der Waals surface area contributed by atoms with Gasteiger partial charge in [-0.15, -0.1) is 11.8 Å². The Bertz CT molecular complexity index is 951. The maximum Gasteiger partial charge on any atom is 0.252 e. The molecule has 158 valence electrons. The van der Waals surface area contributed by atoms with Gasteiger partial charge in [0.2, 0.25) is 10.0 Å². The fraction of sp³-hybridized carbons (Fsp3) is 0.350. The first kappa shape index (κ1) is 23.7. The molecule has 0 saturated carbocycles. The largest absolute Gasteiger partial charge is 0.352 e. The van der Waals surface area contributed by atoms with Crippen LogP contribution in [0.25, 0.3) is 0 Å². The maximum absolute atomic E-state index is 12.9. The first-order valence-corrected chi connectivity index (χ1v) is 11.9. The van der Waals surface area contributed by atoms with Crippen molar-refractivity contribution < 1.29 is 17.6 Å². The summed E-state index contributed by atoms with van der Waals surface area (Å²) >= 11 is 7.67. The van der Waals surface area contributed by atoms with Gasteiger partial charge in [-0.2, -0.15) is 4.31 Å². The van der Waals surface area contributed by atoms with Gasteiger partial charge < -0.3 is 5.32 Å². The van der Waals surface area contributed by atoms with Crippen molar-refractivity contribution in [3.8, 4) is 0 Å². The monoisotopic (exact) mass is 458 g/mol. The molecule has 0 fully saturated rings. The fourth-order valence-corrected chi connectivity index (χ4v) is 4.82. The number of nitrogens with zero attached hydrogens (tertiary/aromatic N) is 1. The lowest BCUT2D eigenvalue weighted by Crippen LogP contribution is -2.33. The topological polar surface area (TPSA) is 66.5 Å². The summed E-state index contributed by atoms with van der Waals surface area (Å²) in [6.45, 7) is 3.95. The zero-order chi connectivity index (χ0) is 21.6. The highest BCUT2D eigenvalue weighted by Crippen LogP contribution is 2.23. The highest BCUT2D eigenvalue weighted by molar-refractivity contribution is 7.99. The number of carbonyl (C=O) groups excluding carboxylic acids is 1. The summed E-state index contributed by atoms with van der Waals surface area (Å²) < 4.78 is 39.4. The van der Waals surface area contributed by atoms with Crippen molar-refractivity contribution in [2.45, 2.75) is 36.1 Å². The Kier molecular flexibility index (Phi) is 8.51. The molecule has 0 aromatic heterocycles. The molecular weight excluding hydrogens is 435 g/mol. The molecule has 2 aromatic carbocycles. The molecule has 0 saturated heterocycles. The van der Waals surface area contributed by atoms with E-state index in [2.05, 4.69) is 5.32 Å². The van der Waals surface area contributed by atoms with Crippen molar-refractivity contribution in [2.75, 3.05) is 19.3 Å². The van der Waals surface area contributed by atoms with Crippen molar-refractivity contribution in [1.29, 1.82) is 0 Å². The van der Waals surface area contributed by atoms with Crippen LogP contribution in [0.15, 0.2) is 52.3 Å². The third-order valence-corrected chi connectivity index (χ3v) is 7.73. The van der Waals surface area contributed by atoms with Crippen molar-refractivity contribution in [3.63, 3.8) is 0 Å². The number of carbonyl (C=O) groups is 1.